The largest absolute Gasteiger partial charge is 0.493 e. The van der Waals surface area contributed by atoms with E-state index in [0.29, 0.717) is 41.6 Å². The Morgan fingerprint density at radius 1 is 1.08 bits per heavy atom. The highest BCUT2D eigenvalue weighted by molar-refractivity contribution is 7.90. The first-order valence-corrected chi connectivity index (χ1v) is 13.8. The van der Waals surface area contributed by atoms with Crippen LogP contribution in [0.2, 0.25) is 0 Å². The van der Waals surface area contributed by atoms with Crippen LogP contribution in [0.4, 0.5) is 0 Å². The molecule has 1 heterocycles. The topological polar surface area (TPSA) is 116 Å². The highest BCUT2D eigenvalue weighted by Crippen LogP contribution is 2.51. The lowest BCUT2D eigenvalue weighted by molar-refractivity contribution is -0.0933. The highest BCUT2D eigenvalue weighted by atomic mass is 32.2. The highest BCUT2D eigenvalue weighted by Gasteiger charge is 2.56. The van der Waals surface area contributed by atoms with Gasteiger partial charge in [-0.25, -0.2) is 8.42 Å². The molecule has 2 aromatic carbocycles. The number of ether oxygens (including phenoxy) is 6. The maximum absolute atomic E-state index is 12.9. The average Bonchev–Trinajstić information content (AvgIpc) is 3.23. The van der Waals surface area contributed by atoms with Crippen molar-refractivity contribution in [3.8, 4) is 17.2 Å². The summed E-state index contributed by atoms with van der Waals surface area (Å²) in [5, 5.41) is 0. The van der Waals surface area contributed by atoms with Crippen LogP contribution in [0.25, 0.3) is 0 Å². The average molecular weight is 524 g/mol. The summed E-state index contributed by atoms with van der Waals surface area (Å²) in [6, 6.07) is 10.1. The maximum Gasteiger partial charge on any atom is 0.203 e. The Hall–Kier alpha value is -2.37. The predicted molar refractivity (Wildman–Crippen MR) is 136 cm³/mol. The lowest BCUT2D eigenvalue weighted by atomic mass is 9.80. The van der Waals surface area contributed by atoms with Gasteiger partial charge in [-0.3, -0.25) is 0 Å². The van der Waals surface area contributed by atoms with Crippen molar-refractivity contribution in [3.63, 3.8) is 0 Å². The molecule has 0 aromatic heterocycles. The molecule has 2 aromatic rings. The van der Waals surface area contributed by atoms with Gasteiger partial charge in [-0.2, -0.15) is 0 Å². The van der Waals surface area contributed by atoms with Crippen LogP contribution in [0.15, 0.2) is 41.3 Å². The molecule has 1 fully saturated rings. The van der Waals surface area contributed by atoms with E-state index >= 15 is 0 Å². The summed E-state index contributed by atoms with van der Waals surface area (Å²) in [5.74, 6) is 1.21. The van der Waals surface area contributed by atoms with E-state index in [2.05, 4.69) is 0 Å². The molecule has 1 saturated heterocycles. The van der Waals surface area contributed by atoms with Crippen LogP contribution in [0, 0.1) is 0 Å². The van der Waals surface area contributed by atoms with Gasteiger partial charge in [0.15, 0.2) is 21.3 Å². The Morgan fingerprint density at radius 2 is 1.72 bits per heavy atom. The Kier molecular flexibility index (Phi) is 9.23. The van der Waals surface area contributed by atoms with Gasteiger partial charge in [-0.15, -0.1) is 0 Å². The molecule has 4 atom stereocenters. The molecular weight excluding hydrogens is 486 g/mol. The number of rotatable bonds is 12. The fraction of sp³-hybridized carbons (Fsp3) is 0.538. The number of hydrogen-bond donors (Lipinski definition) is 1. The molecule has 4 unspecified atom stereocenters. The molecular formula is C26H37NO8S. The van der Waals surface area contributed by atoms with Gasteiger partial charge >= 0.3 is 0 Å². The van der Waals surface area contributed by atoms with Gasteiger partial charge in [0.05, 0.1) is 39.4 Å². The van der Waals surface area contributed by atoms with Crippen LogP contribution >= 0.6 is 0 Å². The van der Waals surface area contributed by atoms with Crippen molar-refractivity contribution in [1.29, 1.82) is 0 Å². The molecule has 2 N–H and O–H groups in total. The second-order valence-electron chi connectivity index (χ2n) is 8.87. The van der Waals surface area contributed by atoms with Gasteiger partial charge < -0.3 is 34.2 Å². The molecule has 0 radical (unpaired) electrons. The van der Waals surface area contributed by atoms with E-state index in [0.717, 1.165) is 6.42 Å². The summed E-state index contributed by atoms with van der Waals surface area (Å²) in [4.78, 5) is 0.136. The first-order valence-electron chi connectivity index (χ1n) is 11.9. The standard InChI is InChI=1S/C26H37NO8S/c1-7-12-33-25-22(34-15-17(2)27)16-35-26(25,19-10-8-9-11-23(19)36(6,28)29)18-13-20(30-3)24(32-5)21(14-18)31-4/h8-11,13-14,17,22,25H,7,12,15-16,27H2,1-6H3. The van der Waals surface area contributed by atoms with Crippen LogP contribution < -0.4 is 19.9 Å². The zero-order valence-corrected chi connectivity index (χ0v) is 22.6. The van der Waals surface area contributed by atoms with Crippen molar-refractivity contribution in [2.75, 3.05) is 47.4 Å². The molecule has 36 heavy (non-hydrogen) atoms. The normalized spacial score (nSPS) is 22.9. The third-order valence-electron chi connectivity index (χ3n) is 6.07. The minimum atomic E-state index is -3.63. The van der Waals surface area contributed by atoms with E-state index in [9.17, 15) is 8.42 Å². The van der Waals surface area contributed by atoms with Crippen LogP contribution in [-0.4, -0.2) is 74.1 Å². The molecule has 1 aliphatic rings. The minimum Gasteiger partial charge on any atom is -0.493 e. The fourth-order valence-corrected chi connectivity index (χ4v) is 5.50. The third-order valence-corrected chi connectivity index (χ3v) is 7.22. The Bertz CT molecular complexity index is 1110. The smallest absolute Gasteiger partial charge is 0.203 e. The minimum absolute atomic E-state index is 0.136. The summed E-state index contributed by atoms with van der Waals surface area (Å²) in [5.41, 5.74) is 5.63. The van der Waals surface area contributed by atoms with E-state index in [1.165, 1.54) is 27.6 Å². The van der Waals surface area contributed by atoms with E-state index < -0.39 is 27.6 Å². The maximum atomic E-state index is 12.9. The van der Waals surface area contributed by atoms with Gasteiger partial charge in [0.2, 0.25) is 5.75 Å². The van der Waals surface area contributed by atoms with E-state index in [1.807, 2.05) is 13.8 Å². The Balaban J connectivity index is 2.36. The first kappa shape index (κ1) is 28.2. The van der Waals surface area contributed by atoms with Crippen LogP contribution in [0.1, 0.15) is 31.4 Å². The monoisotopic (exact) mass is 523 g/mol. The van der Waals surface area contributed by atoms with Crippen molar-refractivity contribution < 1.29 is 36.8 Å². The predicted octanol–water partition coefficient (Wildman–Crippen LogP) is 2.92. The summed E-state index contributed by atoms with van der Waals surface area (Å²) in [6.07, 6.45) is 0.724. The summed E-state index contributed by atoms with van der Waals surface area (Å²) >= 11 is 0. The van der Waals surface area contributed by atoms with Gasteiger partial charge in [-0.05, 0) is 37.1 Å². The van der Waals surface area contributed by atoms with Crippen molar-refractivity contribution in [1.82, 2.24) is 0 Å². The molecule has 0 spiro atoms. The fourth-order valence-electron chi connectivity index (χ4n) is 4.55. The first-order chi connectivity index (χ1) is 17.1. The molecule has 10 heteroatoms. The van der Waals surface area contributed by atoms with E-state index in [4.69, 9.17) is 34.2 Å². The summed E-state index contributed by atoms with van der Waals surface area (Å²) in [7, 11) is 0.930. The second-order valence-corrected chi connectivity index (χ2v) is 10.9. The van der Waals surface area contributed by atoms with Crippen molar-refractivity contribution in [2.24, 2.45) is 5.73 Å². The molecule has 3 rings (SSSR count). The van der Waals surface area contributed by atoms with Gasteiger partial charge in [0, 0.05) is 24.5 Å². The number of methoxy groups -OCH3 is 3. The molecule has 0 aliphatic carbocycles. The SMILES string of the molecule is CCCOC1C(OCC(C)N)COC1(c1cc(OC)c(OC)c(OC)c1)c1ccccc1S(C)(=O)=O. The van der Waals surface area contributed by atoms with Crippen LogP contribution in [0.3, 0.4) is 0 Å². The zero-order chi connectivity index (χ0) is 26.5. The summed E-state index contributed by atoms with van der Waals surface area (Å²) < 4.78 is 61.7. The molecule has 1 aliphatic heterocycles. The summed E-state index contributed by atoms with van der Waals surface area (Å²) in [6.45, 7) is 4.72. The number of sulfone groups is 1. The zero-order valence-electron chi connectivity index (χ0n) is 21.8. The number of hydrogen-bond acceptors (Lipinski definition) is 9. The number of nitrogens with two attached hydrogens (primary N) is 1. The van der Waals surface area contributed by atoms with Gasteiger partial charge in [0.25, 0.3) is 0 Å². The molecule has 0 amide bonds. The van der Waals surface area contributed by atoms with Gasteiger partial charge in [0.1, 0.15) is 17.8 Å². The lowest BCUT2D eigenvalue weighted by Gasteiger charge is -2.38. The van der Waals surface area contributed by atoms with Crippen molar-refractivity contribution in [3.05, 3.63) is 47.5 Å². The third kappa shape index (κ3) is 5.47. The second kappa shape index (κ2) is 11.8. The lowest BCUT2D eigenvalue weighted by Crippen LogP contribution is -2.46. The van der Waals surface area contributed by atoms with Crippen LogP contribution in [0.5, 0.6) is 17.2 Å². The Labute approximate surface area is 213 Å². The molecule has 200 valence electrons. The molecule has 0 bridgehead atoms. The van der Waals surface area contributed by atoms with Gasteiger partial charge in [-0.1, -0.05) is 25.1 Å². The quantitative estimate of drug-likeness (QED) is 0.448. The Morgan fingerprint density at radius 3 is 2.25 bits per heavy atom. The van der Waals surface area contributed by atoms with Crippen LogP contribution in [-0.2, 0) is 29.6 Å². The van der Waals surface area contributed by atoms with Crippen molar-refractivity contribution in [2.45, 2.75) is 49.0 Å². The van der Waals surface area contributed by atoms with E-state index in [1.54, 1.807) is 36.4 Å². The molecule has 0 saturated carbocycles. The molecule has 9 nitrogen and oxygen atoms in total. The van der Waals surface area contributed by atoms with E-state index in [-0.39, 0.29) is 17.5 Å². The van der Waals surface area contributed by atoms with Crippen molar-refractivity contribution >= 4 is 9.84 Å². The number of benzene rings is 2.